The molecule has 1 aromatic heterocycles. The van der Waals surface area contributed by atoms with Gasteiger partial charge in [-0.3, -0.25) is 14.5 Å². The van der Waals surface area contributed by atoms with Crippen LogP contribution in [0.3, 0.4) is 0 Å². The number of hydrogen-bond donors (Lipinski definition) is 1. The average molecular weight is 421 g/mol. The van der Waals surface area contributed by atoms with Gasteiger partial charge in [-0.1, -0.05) is 68.0 Å². The molecule has 2 aromatic carbocycles. The zero-order valence-electron chi connectivity index (χ0n) is 17.5. The Bertz CT molecular complexity index is 1190. The lowest BCUT2D eigenvalue weighted by molar-refractivity contribution is -0.119. The zero-order valence-corrected chi connectivity index (χ0v) is 18.3. The number of Topliss-reactive ketones (excluding diaryl/α,β-unsaturated/α-hetero) is 1. The fraction of sp³-hybridized carbons (Fsp3) is 0.292. The SMILES string of the molecule is CCc1ccc2nc(N3C(=O)C(O)=C(C(=O)C(C)C)C3c3cccc(C)c3)sc2c1. The Hall–Kier alpha value is -2.99. The molecule has 5 nitrogen and oxygen atoms in total. The van der Waals surface area contributed by atoms with Crippen molar-refractivity contribution in [2.75, 3.05) is 4.90 Å². The van der Waals surface area contributed by atoms with Gasteiger partial charge in [-0.25, -0.2) is 4.98 Å². The lowest BCUT2D eigenvalue weighted by atomic mass is 9.91. The van der Waals surface area contributed by atoms with Gasteiger partial charge in [-0.2, -0.15) is 0 Å². The molecule has 0 radical (unpaired) electrons. The van der Waals surface area contributed by atoms with Crippen molar-refractivity contribution in [1.82, 2.24) is 4.98 Å². The van der Waals surface area contributed by atoms with Crippen molar-refractivity contribution in [3.63, 3.8) is 0 Å². The first-order valence-electron chi connectivity index (χ1n) is 10.1. The second-order valence-electron chi connectivity index (χ2n) is 7.93. The fourth-order valence-corrected chi connectivity index (χ4v) is 4.86. The van der Waals surface area contributed by atoms with Gasteiger partial charge in [-0.05, 0) is 36.6 Å². The molecule has 154 valence electrons. The van der Waals surface area contributed by atoms with Crippen LogP contribution in [0.4, 0.5) is 5.13 Å². The number of aliphatic hydroxyl groups excluding tert-OH is 1. The highest BCUT2D eigenvalue weighted by Crippen LogP contribution is 2.44. The van der Waals surface area contributed by atoms with Gasteiger partial charge in [0.15, 0.2) is 16.7 Å². The second-order valence-corrected chi connectivity index (χ2v) is 8.93. The summed E-state index contributed by atoms with van der Waals surface area (Å²) in [5.74, 6) is -1.64. The summed E-state index contributed by atoms with van der Waals surface area (Å²) in [4.78, 5) is 32.3. The van der Waals surface area contributed by atoms with Gasteiger partial charge in [0.2, 0.25) is 0 Å². The van der Waals surface area contributed by atoms with E-state index in [2.05, 4.69) is 18.0 Å². The van der Waals surface area contributed by atoms with E-state index >= 15 is 0 Å². The molecule has 0 spiro atoms. The molecule has 1 atom stereocenters. The molecule has 0 bridgehead atoms. The predicted molar refractivity (Wildman–Crippen MR) is 120 cm³/mol. The Kier molecular flexibility index (Phi) is 5.20. The number of carbonyl (C=O) groups excluding carboxylic acids is 2. The van der Waals surface area contributed by atoms with E-state index in [-0.39, 0.29) is 17.3 Å². The van der Waals surface area contributed by atoms with E-state index in [1.807, 2.05) is 43.3 Å². The number of amides is 1. The summed E-state index contributed by atoms with van der Waals surface area (Å²) >= 11 is 1.40. The van der Waals surface area contributed by atoms with Crippen molar-refractivity contribution in [3.05, 3.63) is 70.5 Å². The third-order valence-electron chi connectivity index (χ3n) is 5.41. The number of aromatic nitrogens is 1. The highest BCUT2D eigenvalue weighted by atomic mass is 32.1. The van der Waals surface area contributed by atoms with Crippen LogP contribution in [0.15, 0.2) is 53.8 Å². The molecule has 4 rings (SSSR count). The number of hydrogen-bond acceptors (Lipinski definition) is 5. The number of thiazole rings is 1. The van der Waals surface area contributed by atoms with Crippen LogP contribution in [0.2, 0.25) is 0 Å². The molecule has 2 heterocycles. The number of aliphatic hydroxyl groups is 1. The highest BCUT2D eigenvalue weighted by molar-refractivity contribution is 7.22. The van der Waals surface area contributed by atoms with Crippen molar-refractivity contribution in [2.45, 2.75) is 40.2 Å². The molecule has 0 aliphatic carbocycles. The summed E-state index contributed by atoms with van der Waals surface area (Å²) in [5, 5.41) is 11.2. The van der Waals surface area contributed by atoms with Gasteiger partial charge in [-0.15, -0.1) is 0 Å². The van der Waals surface area contributed by atoms with Crippen LogP contribution < -0.4 is 4.90 Å². The standard InChI is InChI=1S/C24H24N2O3S/c1-5-15-9-10-17-18(12-15)30-24(25-17)26-20(16-8-6-7-14(4)11-16)19(21(27)13(2)3)22(28)23(26)29/h6-13,20,28H,5H2,1-4H3. The van der Waals surface area contributed by atoms with Crippen LogP contribution >= 0.6 is 11.3 Å². The molecule has 1 aliphatic rings. The Morgan fingerprint density at radius 2 is 2.00 bits per heavy atom. The van der Waals surface area contributed by atoms with Gasteiger partial charge < -0.3 is 5.11 Å². The number of ketones is 1. The molecular weight excluding hydrogens is 396 g/mol. The van der Waals surface area contributed by atoms with Crippen LogP contribution in [0, 0.1) is 12.8 Å². The van der Waals surface area contributed by atoms with Crippen molar-refractivity contribution in [3.8, 4) is 0 Å². The predicted octanol–water partition coefficient (Wildman–Crippen LogP) is 5.29. The summed E-state index contributed by atoms with van der Waals surface area (Å²) in [6.07, 6.45) is 0.910. The van der Waals surface area contributed by atoms with Crippen LogP contribution in [-0.4, -0.2) is 21.8 Å². The van der Waals surface area contributed by atoms with E-state index in [0.717, 1.165) is 27.8 Å². The van der Waals surface area contributed by atoms with Crippen LogP contribution in [-0.2, 0) is 16.0 Å². The van der Waals surface area contributed by atoms with E-state index in [0.29, 0.717) is 5.13 Å². The number of benzene rings is 2. The van der Waals surface area contributed by atoms with Gasteiger partial charge in [0.1, 0.15) is 0 Å². The third kappa shape index (κ3) is 3.31. The Morgan fingerprint density at radius 1 is 1.23 bits per heavy atom. The molecule has 30 heavy (non-hydrogen) atoms. The van der Waals surface area contributed by atoms with Crippen molar-refractivity contribution in [2.24, 2.45) is 5.92 Å². The summed E-state index contributed by atoms with van der Waals surface area (Å²) in [5.41, 5.74) is 3.93. The molecule has 3 aromatic rings. The third-order valence-corrected chi connectivity index (χ3v) is 6.43. The van der Waals surface area contributed by atoms with Gasteiger partial charge in [0.25, 0.3) is 5.91 Å². The molecule has 1 unspecified atom stereocenters. The number of anilines is 1. The van der Waals surface area contributed by atoms with Crippen LogP contribution in [0.1, 0.15) is 43.5 Å². The summed E-state index contributed by atoms with van der Waals surface area (Å²) in [6, 6.07) is 13.0. The van der Waals surface area contributed by atoms with E-state index in [4.69, 9.17) is 0 Å². The normalized spacial score (nSPS) is 16.9. The molecule has 6 heteroatoms. The molecule has 0 saturated carbocycles. The molecule has 0 saturated heterocycles. The number of fused-ring (bicyclic) bond motifs is 1. The van der Waals surface area contributed by atoms with Crippen LogP contribution in [0.25, 0.3) is 10.2 Å². The minimum atomic E-state index is -0.696. The number of rotatable bonds is 5. The zero-order chi connectivity index (χ0) is 21.6. The van der Waals surface area contributed by atoms with Gasteiger partial charge in [0, 0.05) is 5.92 Å². The molecule has 1 aliphatic heterocycles. The quantitative estimate of drug-likeness (QED) is 0.609. The minimum Gasteiger partial charge on any atom is -0.503 e. The maximum absolute atomic E-state index is 13.1. The summed E-state index contributed by atoms with van der Waals surface area (Å²) < 4.78 is 0.975. The lowest BCUT2D eigenvalue weighted by Gasteiger charge is -2.25. The van der Waals surface area contributed by atoms with E-state index < -0.39 is 17.7 Å². The molecule has 1 N–H and O–H groups in total. The molecule has 1 amide bonds. The first-order chi connectivity index (χ1) is 14.3. The Balaban J connectivity index is 1.89. The fourth-order valence-electron chi connectivity index (χ4n) is 3.80. The van der Waals surface area contributed by atoms with Crippen molar-refractivity contribution < 1.29 is 14.7 Å². The topological polar surface area (TPSA) is 70.5 Å². The molecule has 0 fully saturated rings. The largest absolute Gasteiger partial charge is 0.503 e. The van der Waals surface area contributed by atoms with E-state index in [1.165, 1.54) is 21.8 Å². The van der Waals surface area contributed by atoms with Crippen LogP contribution in [0.5, 0.6) is 0 Å². The Morgan fingerprint density at radius 3 is 2.67 bits per heavy atom. The number of nitrogens with zero attached hydrogens (tertiary/aromatic N) is 2. The first-order valence-corrected chi connectivity index (χ1v) is 10.9. The maximum atomic E-state index is 13.1. The number of carbonyl (C=O) groups is 2. The monoisotopic (exact) mass is 420 g/mol. The van der Waals surface area contributed by atoms with Crippen molar-refractivity contribution in [1.29, 1.82) is 0 Å². The van der Waals surface area contributed by atoms with Gasteiger partial charge in [0.05, 0.1) is 21.8 Å². The lowest BCUT2D eigenvalue weighted by Crippen LogP contribution is -2.31. The smallest absolute Gasteiger partial charge is 0.296 e. The minimum absolute atomic E-state index is 0.147. The summed E-state index contributed by atoms with van der Waals surface area (Å²) in [7, 11) is 0. The highest BCUT2D eigenvalue weighted by Gasteiger charge is 2.46. The number of aryl methyl sites for hydroxylation is 2. The van der Waals surface area contributed by atoms with E-state index in [1.54, 1.807) is 13.8 Å². The first kappa shape index (κ1) is 20.3. The van der Waals surface area contributed by atoms with Crippen molar-refractivity contribution >= 4 is 38.4 Å². The molecular formula is C24H24N2O3S. The Labute approximate surface area is 179 Å². The maximum Gasteiger partial charge on any atom is 0.296 e. The van der Waals surface area contributed by atoms with E-state index in [9.17, 15) is 14.7 Å². The average Bonchev–Trinajstić information content (AvgIpc) is 3.25. The van der Waals surface area contributed by atoms with Gasteiger partial charge >= 0.3 is 0 Å². The summed E-state index contributed by atoms with van der Waals surface area (Å²) in [6.45, 7) is 7.59. The second kappa shape index (κ2) is 7.69.